The van der Waals surface area contributed by atoms with Gasteiger partial charge in [0.1, 0.15) is 4.21 Å². The highest BCUT2D eigenvalue weighted by Crippen LogP contribution is 2.37. The van der Waals surface area contributed by atoms with Crippen molar-refractivity contribution >= 4 is 21.4 Å². The second kappa shape index (κ2) is 4.44. The molecule has 4 nitrogen and oxygen atoms in total. The molecule has 90 valence electrons. The summed E-state index contributed by atoms with van der Waals surface area (Å²) in [4.78, 5) is 1.07. The van der Waals surface area contributed by atoms with Crippen LogP contribution >= 0.6 is 11.3 Å². The van der Waals surface area contributed by atoms with E-state index in [9.17, 15) is 13.5 Å². The standard InChI is InChI=1S/C10H15NO3S2/c11-16(13,14)10-6-5-9(15-10)7-1-3-8(12)4-2-7/h5-8,12H,1-4H2,(H2,11,13,14). The molecule has 1 saturated carbocycles. The molecule has 0 unspecified atom stereocenters. The molecule has 3 N–H and O–H groups in total. The molecule has 0 radical (unpaired) electrons. The van der Waals surface area contributed by atoms with Gasteiger partial charge in [-0.3, -0.25) is 0 Å². The topological polar surface area (TPSA) is 80.4 Å². The number of aliphatic hydroxyl groups excluding tert-OH is 1. The summed E-state index contributed by atoms with van der Waals surface area (Å²) in [6.45, 7) is 0. The Morgan fingerprint density at radius 1 is 1.25 bits per heavy atom. The van der Waals surface area contributed by atoms with Crippen molar-refractivity contribution in [3.05, 3.63) is 17.0 Å². The van der Waals surface area contributed by atoms with Crippen molar-refractivity contribution in [1.82, 2.24) is 0 Å². The van der Waals surface area contributed by atoms with E-state index in [-0.39, 0.29) is 10.3 Å². The number of nitrogens with two attached hydrogens (primary N) is 1. The van der Waals surface area contributed by atoms with Gasteiger partial charge >= 0.3 is 0 Å². The van der Waals surface area contributed by atoms with Crippen molar-refractivity contribution in [2.75, 3.05) is 0 Å². The third-order valence-electron chi connectivity index (χ3n) is 2.98. The maximum absolute atomic E-state index is 11.1. The lowest BCUT2D eigenvalue weighted by Gasteiger charge is -2.24. The van der Waals surface area contributed by atoms with E-state index in [0.717, 1.165) is 30.6 Å². The number of hydrogen-bond donors (Lipinski definition) is 2. The summed E-state index contributed by atoms with van der Waals surface area (Å²) >= 11 is 1.25. The van der Waals surface area contributed by atoms with E-state index < -0.39 is 10.0 Å². The summed E-state index contributed by atoms with van der Waals surface area (Å²) in [5.41, 5.74) is 0. The van der Waals surface area contributed by atoms with Crippen molar-refractivity contribution in [2.45, 2.75) is 41.9 Å². The highest BCUT2D eigenvalue weighted by atomic mass is 32.2. The van der Waals surface area contributed by atoms with Gasteiger partial charge in [0.2, 0.25) is 10.0 Å². The third-order valence-corrected chi connectivity index (χ3v) is 5.67. The van der Waals surface area contributed by atoms with E-state index in [1.165, 1.54) is 11.3 Å². The van der Waals surface area contributed by atoms with Crippen LogP contribution in [0.5, 0.6) is 0 Å². The van der Waals surface area contributed by atoms with E-state index >= 15 is 0 Å². The predicted octanol–water partition coefficient (Wildman–Crippen LogP) is 1.41. The van der Waals surface area contributed by atoms with E-state index in [2.05, 4.69) is 0 Å². The first kappa shape index (κ1) is 12.0. The highest BCUT2D eigenvalue weighted by Gasteiger charge is 2.23. The van der Waals surface area contributed by atoms with Crippen LogP contribution in [0.1, 0.15) is 36.5 Å². The van der Waals surface area contributed by atoms with E-state index in [0.29, 0.717) is 5.92 Å². The molecular formula is C10H15NO3S2. The third kappa shape index (κ3) is 2.63. The van der Waals surface area contributed by atoms with Gasteiger partial charge in [-0.15, -0.1) is 11.3 Å². The summed E-state index contributed by atoms with van der Waals surface area (Å²) in [7, 11) is -3.56. The van der Waals surface area contributed by atoms with Crippen LogP contribution in [0.25, 0.3) is 0 Å². The number of hydrogen-bond acceptors (Lipinski definition) is 4. The van der Waals surface area contributed by atoms with Gasteiger partial charge in [0.05, 0.1) is 6.10 Å². The van der Waals surface area contributed by atoms with E-state index in [1.54, 1.807) is 6.07 Å². The van der Waals surface area contributed by atoms with Gasteiger partial charge in [0.15, 0.2) is 0 Å². The SMILES string of the molecule is NS(=O)(=O)c1ccc(C2CCC(O)CC2)s1. The number of primary sulfonamides is 1. The number of sulfonamides is 1. The quantitative estimate of drug-likeness (QED) is 0.844. The Hall–Kier alpha value is -0.430. The molecule has 0 amide bonds. The molecule has 0 spiro atoms. The largest absolute Gasteiger partial charge is 0.393 e. The summed E-state index contributed by atoms with van der Waals surface area (Å²) < 4.78 is 22.5. The Morgan fingerprint density at radius 2 is 1.88 bits per heavy atom. The average molecular weight is 261 g/mol. The van der Waals surface area contributed by atoms with Crippen LogP contribution in [0.2, 0.25) is 0 Å². The van der Waals surface area contributed by atoms with Crippen LogP contribution in [0.4, 0.5) is 0 Å². The summed E-state index contributed by atoms with van der Waals surface area (Å²) in [6, 6.07) is 3.41. The first-order valence-corrected chi connectivity index (χ1v) is 7.63. The van der Waals surface area contributed by atoms with Gasteiger partial charge in [-0.25, -0.2) is 13.6 Å². The molecule has 0 bridgehead atoms. The molecule has 1 aromatic heterocycles. The number of thiophene rings is 1. The minimum absolute atomic E-state index is 0.186. The lowest BCUT2D eigenvalue weighted by atomic mass is 9.86. The zero-order chi connectivity index (χ0) is 11.8. The fourth-order valence-electron chi connectivity index (χ4n) is 2.07. The molecule has 2 rings (SSSR count). The number of rotatable bonds is 2. The van der Waals surface area contributed by atoms with Gasteiger partial charge in [-0.2, -0.15) is 0 Å². The molecule has 0 aliphatic heterocycles. The zero-order valence-electron chi connectivity index (χ0n) is 8.80. The van der Waals surface area contributed by atoms with Crippen LogP contribution in [0.15, 0.2) is 16.3 Å². The Kier molecular flexibility index (Phi) is 3.34. The van der Waals surface area contributed by atoms with Crippen molar-refractivity contribution in [1.29, 1.82) is 0 Å². The van der Waals surface area contributed by atoms with Crippen molar-refractivity contribution in [3.63, 3.8) is 0 Å². The summed E-state index contributed by atoms with van der Waals surface area (Å²) in [5.74, 6) is 0.379. The minimum atomic E-state index is -3.56. The van der Waals surface area contributed by atoms with Crippen molar-refractivity contribution in [3.8, 4) is 0 Å². The first-order valence-electron chi connectivity index (χ1n) is 5.27. The van der Waals surface area contributed by atoms with Crippen molar-refractivity contribution < 1.29 is 13.5 Å². The molecule has 1 aromatic rings. The number of aliphatic hydroxyl groups is 1. The molecule has 1 fully saturated rings. The average Bonchev–Trinajstić information content (AvgIpc) is 2.67. The van der Waals surface area contributed by atoms with Gasteiger partial charge < -0.3 is 5.11 Å². The molecule has 1 aliphatic rings. The maximum Gasteiger partial charge on any atom is 0.247 e. The fourth-order valence-corrected chi connectivity index (χ4v) is 3.98. The molecule has 1 heterocycles. The van der Waals surface area contributed by atoms with Crippen LogP contribution in [0.3, 0.4) is 0 Å². The lowest BCUT2D eigenvalue weighted by molar-refractivity contribution is 0.123. The second-order valence-electron chi connectivity index (χ2n) is 4.21. The van der Waals surface area contributed by atoms with E-state index in [1.807, 2.05) is 6.07 Å². The molecular weight excluding hydrogens is 246 g/mol. The highest BCUT2D eigenvalue weighted by molar-refractivity contribution is 7.91. The first-order chi connectivity index (χ1) is 7.47. The van der Waals surface area contributed by atoms with Gasteiger partial charge in [-0.05, 0) is 43.7 Å². The summed E-state index contributed by atoms with van der Waals surface area (Å²) in [5, 5.41) is 14.5. The minimum Gasteiger partial charge on any atom is -0.393 e. The normalized spacial score (nSPS) is 26.9. The molecule has 0 atom stereocenters. The van der Waals surface area contributed by atoms with E-state index in [4.69, 9.17) is 5.14 Å². The smallest absolute Gasteiger partial charge is 0.247 e. The van der Waals surface area contributed by atoms with Gasteiger partial charge in [0, 0.05) is 4.88 Å². The Morgan fingerprint density at radius 3 is 2.38 bits per heavy atom. The van der Waals surface area contributed by atoms with Crippen LogP contribution in [-0.2, 0) is 10.0 Å². The van der Waals surface area contributed by atoms with Crippen LogP contribution in [-0.4, -0.2) is 19.6 Å². The molecule has 0 saturated heterocycles. The van der Waals surface area contributed by atoms with Gasteiger partial charge in [-0.1, -0.05) is 0 Å². The Bertz CT molecular complexity index is 458. The fraction of sp³-hybridized carbons (Fsp3) is 0.600. The Labute approximate surface area is 99.2 Å². The second-order valence-corrected chi connectivity index (χ2v) is 7.11. The van der Waals surface area contributed by atoms with Gasteiger partial charge in [0.25, 0.3) is 0 Å². The van der Waals surface area contributed by atoms with Crippen LogP contribution in [0, 0.1) is 0 Å². The molecule has 16 heavy (non-hydrogen) atoms. The summed E-state index contributed by atoms with van der Waals surface area (Å²) in [6.07, 6.45) is 3.26. The predicted molar refractivity (Wildman–Crippen MR) is 62.9 cm³/mol. The zero-order valence-corrected chi connectivity index (χ0v) is 10.4. The molecule has 1 aliphatic carbocycles. The van der Waals surface area contributed by atoms with Crippen molar-refractivity contribution in [2.24, 2.45) is 5.14 Å². The molecule has 0 aromatic carbocycles. The lowest BCUT2D eigenvalue weighted by Crippen LogP contribution is -2.16. The molecule has 6 heteroatoms. The maximum atomic E-state index is 11.1. The van der Waals surface area contributed by atoms with Crippen LogP contribution < -0.4 is 5.14 Å². The monoisotopic (exact) mass is 261 g/mol. The Balaban J connectivity index is 2.14.